The van der Waals surface area contributed by atoms with Gasteiger partial charge >= 0.3 is 6.03 Å². The molecule has 1 atom stereocenters. The summed E-state index contributed by atoms with van der Waals surface area (Å²) in [7, 11) is 0. The topological polar surface area (TPSA) is 87.2 Å². The lowest BCUT2D eigenvalue weighted by molar-refractivity contribution is 0.0761. The van der Waals surface area contributed by atoms with Gasteiger partial charge in [0.05, 0.1) is 5.69 Å². The van der Waals surface area contributed by atoms with Gasteiger partial charge < -0.3 is 15.5 Å². The van der Waals surface area contributed by atoms with E-state index in [-0.39, 0.29) is 18.0 Å². The quantitative estimate of drug-likeness (QED) is 0.832. The molecule has 0 unspecified atom stereocenters. The molecule has 1 fully saturated rings. The van der Waals surface area contributed by atoms with Gasteiger partial charge in [0.15, 0.2) is 0 Å². The minimum absolute atomic E-state index is 0.0296. The number of hydrogen-bond donors (Lipinski definition) is 2. The Bertz CT molecular complexity index is 788. The molecule has 0 radical (unpaired) electrons. The van der Waals surface area contributed by atoms with Crippen LogP contribution >= 0.6 is 0 Å². The maximum atomic E-state index is 12.8. The molecule has 3 rings (SSSR count). The average Bonchev–Trinajstić information content (AvgIpc) is 2.97. The molecule has 1 aromatic carbocycles. The van der Waals surface area contributed by atoms with Crippen LogP contribution in [0.25, 0.3) is 0 Å². The molecule has 148 valence electrons. The maximum absolute atomic E-state index is 12.8. The maximum Gasteiger partial charge on any atom is 0.319 e. The van der Waals surface area contributed by atoms with Gasteiger partial charge in [0.25, 0.3) is 5.91 Å². The van der Waals surface area contributed by atoms with E-state index in [2.05, 4.69) is 20.6 Å². The molecular weight excluding hydrogens is 354 g/mol. The molecule has 1 aliphatic rings. The van der Waals surface area contributed by atoms with Crippen molar-refractivity contribution < 1.29 is 9.59 Å². The summed E-state index contributed by atoms with van der Waals surface area (Å²) < 4.78 is 0. The van der Waals surface area contributed by atoms with Gasteiger partial charge in [-0.15, -0.1) is 0 Å². The molecule has 7 nitrogen and oxygen atoms in total. The van der Waals surface area contributed by atoms with Crippen molar-refractivity contribution in [3.63, 3.8) is 0 Å². The fraction of sp³-hybridized carbons (Fsp3) is 0.429. The zero-order valence-electron chi connectivity index (χ0n) is 16.2. The van der Waals surface area contributed by atoms with Crippen LogP contribution in [0.1, 0.15) is 48.7 Å². The van der Waals surface area contributed by atoms with Crippen molar-refractivity contribution in [3.8, 4) is 0 Å². The van der Waals surface area contributed by atoms with E-state index in [1.54, 1.807) is 42.9 Å². The van der Waals surface area contributed by atoms with E-state index in [9.17, 15) is 9.59 Å². The Morgan fingerprint density at radius 2 is 1.93 bits per heavy atom. The highest BCUT2D eigenvalue weighted by molar-refractivity contribution is 5.97. The van der Waals surface area contributed by atoms with E-state index in [0.29, 0.717) is 17.7 Å². The van der Waals surface area contributed by atoms with Crippen LogP contribution in [0.15, 0.2) is 42.9 Å². The van der Waals surface area contributed by atoms with Gasteiger partial charge in [-0.3, -0.25) is 14.8 Å². The third kappa shape index (κ3) is 5.77. The lowest BCUT2D eigenvalue weighted by atomic mass is 10.1. The Morgan fingerprint density at radius 1 is 1.14 bits per heavy atom. The van der Waals surface area contributed by atoms with Crippen LogP contribution < -0.4 is 10.6 Å². The zero-order valence-corrected chi connectivity index (χ0v) is 16.2. The number of carbonyl (C=O) groups is 2. The predicted octanol–water partition coefficient (Wildman–Crippen LogP) is 3.25. The molecule has 1 saturated heterocycles. The number of likely N-dealkylation sites (tertiary alicyclic amines) is 1. The van der Waals surface area contributed by atoms with E-state index in [4.69, 9.17) is 0 Å². The van der Waals surface area contributed by atoms with Crippen LogP contribution in [-0.4, -0.2) is 45.9 Å². The Kier molecular flexibility index (Phi) is 6.94. The molecule has 2 N–H and O–H groups in total. The van der Waals surface area contributed by atoms with Gasteiger partial charge in [-0.25, -0.2) is 4.79 Å². The lowest BCUT2D eigenvalue weighted by Crippen LogP contribution is -2.37. The molecule has 1 aromatic heterocycles. The van der Waals surface area contributed by atoms with Gasteiger partial charge in [0.1, 0.15) is 0 Å². The van der Waals surface area contributed by atoms with Gasteiger partial charge in [0, 0.05) is 55.4 Å². The summed E-state index contributed by atoms with van der Waals surface area (Å²) in [6, 6.07) is 6.71. The van der Waals surface area contributed by atoms with Crippen LogP contribution in [0.3, 0.4) is 0 Å². The van der Waals surface area contributed by atoms with Crippen molar-refractivity contribution in [2.75, 3.05) is 18.4 Å². The van der Waals surface area contributed by atoms with Gasteiger partial charge in [-0.2, -0.15) is 0 Å². The standard InChI is InChI=1S/C21H27N5O2/c1-16(13-19-15-22-9-10-23-19)24-21(28)25-18-8-6-7-17(14-18)20(27)26-11-4-2-3-5-12-26/h6-10,14-16H,2-5,11-13H2,1H3,(H2,24,25,28)/t16-/m1/s1. The second-order valence-corrected chi connectivity index (χ2v) is 7.19. The van der Waals surface area contributed by atoms with Crippen LogP contribution in [0.2, 0.25) is 0 Å². The van der Waals surface area contributed by atoms with Crippen LogP contribution in [0.5, 0.6) is 0 Å². The Labute approximate surface area is 165 Å². The van der Waals surface area contributed by atoms with E-state index in [1.165, 1.54) is 12.8 Å². The number of nitrogens with zero attached hydrogens (tertiary/aromatic N) is 3. The number of anilines is 1. The second kappa shape index (κ2) is 9.82. The second-order valence-electron chi connectivity index (χ2n) is 7.19. The molecule has 0 saturated carbocycles. The summed E-state index contributed by atoms with van der Waals surface area (Å²) in [5, 5.41) is 5.70. The number of carbonyl (C=O) groups excluding carboxylic acids is 2. The normalized spacial score (nSPS) is 15.4. The first-order valence-electron chi connectivity index (χ1n) is 9.83. The molecule has 0 aliphatic carbocycles. The highest BCUT2D eigenvalue weighted by atomic mass is 16.2. The summed E-state index contributed by atoms with van der Waals surface area (Å²) in [5.74, 6) is 0.0296. The number of nitrogens with one attached hydrogen (secondary N) is 2. The van der Waals surface area contributed by atoms with Crippen molar-refractivity contribution in [3.05, 3.63) is 54.1 Å². The summed E-state index contributed by atoms with van der Waals surface area (Å²) in [4.78, 5) is 35.2. The van der Waals surface area contributed by atoms with Crippen molar-refractivity contribution in [2.45, 2.75) is 45.1 Å². The first kappa shape index (κ1) is 19.8. The highest BCUT2D eigenvalue weighted by Crippen LogP contribution is 2.16. The fourth-order valence-electron chi connectivity index (χ4n) is 3.38. The van der Waals surface area contributed by atoms with Crippen LogP contribution in [0, 0.1) is 0 Å². The van der Waals surface area contributed by atoms with Crippen molar-refractivity contribution in [1.29, 1.82) is 0 Å². The zero-order chi connectivity index (χ0) is 19.8. The summed E-state index contributed by atoms with van der Waals surface area (Å²) >= 11 is 0. The molecule has 7 heteroatoms. The molecular formula is C21H27N5O2. The minimum atomic E-state index is -0.309. The van der Waals surface area contributed by atoms with Crippen molar-refractivity contribution >= 4 is 17.6 Å². The van der Waals surface area contributed by atoms with Crippen LogP contribution in [0.4, 0.5) is 10.5 Å². The van der Waals surface area contributed by atoms with Crippen molar-refractivity contribution in [1.82, 2.24) is 20.2 Å². The largest absolute Gasteiger partial charge is 0.339 e. The van der Waals surface area contributed by atoms with Crippen LogP contribution in [-0.2, 0) is 6.42 Å². The Morgan fingerprint density at radius 3 is 2.64 bits per heavy atom. The van der Waals surface area contributed by atoms with Gasteiger partial charge in [-0.1, -0.05) is 18.9 Å². The molecule has 0 spiro atoms. The smallest absolute Gasteiger partial charge is 0.319 e. The van der Waals surface area contributed by atoms with E-state index in [1.807, 2.05) is 11.8 Å². The number of hydrogen-bond acceptors (Lipinski definition) is 4. The molecule has 2 aromatic rings. The number of benzene rings is 1. The minimum Gasteiger partial charge on any atom is -0.339 e. The lowest BCUT2D eigenvalue weighted by Gasteiger charge is -2.20. The first-order chi connectivity index (χ1) is 13.6. The van der Waals surface area contributed by atoms with Crippen molar-refractivity contribution in [2.24, 2.45) is 0 Å². The molecule has 3 amide bonds. The summed E-state index contributed by atoms with van der Waals surface area (Å²) in [6.45, 7) is 3.52. The van der Waals surface area contributed by atoms with E-state index in [0.717, 1.165) is 31.6 Å². The van der Waals surface area contributed by atoms with E-state index < -0.39 is 0 Å². The van der Waals surface area contributed by atoms with Gasteiger partial charge in [-0.05, 0) is 38.0 Å². The number of amides is 3. The number of urea groups is 1. The predicted molar refractivity (Wildman–Crippen MR) is 108 cm³/mol. The SMILES string of the molecule is C[C@H](Cc1cnccn1)NC(=O)Nc1cccc(C(=O)N2CCCCCC2)c1. The molecule has 28 heavy (non-hydrogen) atoms. The summed E-state index contributed by atoms with van der Waals surface area (Å²) in [6.07, 6.45) is 9.99. The number of aromatic nitrogens is 2. The average molecular weight is 381 g/mol. The highest BCUT2D eigenvalue weighted by Gasteiger charge is 2.18. The molecule has 1 aliphatic heterocycles. The fourth-order valence-corrected chi connectivity index (χ4v) is 3.38. The molecule has 2 heterocycles. The third-order valence-corrected chi connectivity index (χ3v) is 4.77. The Balaban J connectivity index is 1.56. The first-order valence-corrected chi connectivity index (χ1v) is 9.83. The summed E-state index contributed by atoms with van der Waals surface area (Å²) in [5.41, 5.74) is 2.03. The van der Waals surface area contributed by atoms with E-state index >= 15 is 0 Å². The number of rotatable bonds is 5. The monoisotopic (exact) mass is 381 g/mol. The van der Waals surface area contributed by atoms with Gasteiger partial charge in [0.2, 0.25) is 0 Å². The Hall–Kier alpha value is -2.96. The molecule has 0 bridgehead atoms. The third-order valence-electron chi connectivity index (χ3n) is 4.77.